The molecule has 1 fully saturated rings. The average molecular weight is 292 g/mol. The fraction of sp³-hybridized carbons (Fsp3) is 0.214. The van der Waals surface area contributed by atoms with E-state index < -0.39 is 18.0 Å². The van der Waals surface area contributed by atoms with Crippen molar-refractivity contribution >= 4 is 29.6 Å². The second-order valence-corrected chi connectivity index (χ2v) is 4.51. The molecular weight excluding hydrogens is 282 g/mol. The van der Waals surface area contributed by atoms with Crippen molar-refractivity contribution < 1.29 is 19.1 Å². The summed E-state index contributed by atoms with van der Waals surface area (Å²) in [4.78, 5) is 23.0. The monoisotopic (exact) mass is 291 g/mol. The Kier molecular flexibility index (Phi) is 4.38. The molecule has 0 bridgehead atoms. The summed E-state index contributed by atoms with van der Waals surface area (Å²) < 4.78 is 9.62. The topological polar surface area (TPSA) is 76.4 Å². The summed E-state index contributed by atoms with van der Waals surface area (Å²) in [5.41, 5.74) is 0.448. The van der Waals surface area contributed by atoms with Crippen LogP contribution in [0.25, 0.3) is 6.08 Å². The number of hydrogen-bond donors (Lipinski definition) is 0. The number of carbonyl (C=O) groups is 2. The third-order valence-electron chi connectivity index (χ3n) is 2.66. The van der Waals surface area contributed by atoms with E-state index in [2.05, 4.69) is 4.74 Å². The smallest absolute Gasteiger partial charge is 0.349 e. The maximum atomic E-state index is 11.8. The van der Waals surface area contributed by atoms with Gasteiger partial charge in [-0.15, -0.1) is 0 Å². The summed E-state index contributed by atoms with van der Waals surface area (Å²) in [6, 6.07) is 8.36. The normalized spacial score (nSPS) is 18.3. The molecule has 1 heterocycles. The van der Waals surface area contributed by atoms with Gasteiger partial charge in [-0.2, -0.15) is 5.26 Å². The zero-order valence-corrected chi connectivity index (χ0v) is 11.1. The van der Waals surface area contributed by atoms with E-state index in [9.17, 15) is 9.59 Å². The molecule has 2 rings (SSSR count). The van der Waals surface area contributed by atoms with Gasteiger partial charge in [-0.3, -0.25) is 0 Å². The van der Waals surface area contributed by atoms with Crippen LogP contribution in [0.2, 0.25) is 5.02 Å². The highest BCUT2D eigenvalue weighted by molar-refractivity contribution is 6.30. The van der Waals surface area contributed by atoms with Crippen molar-refractivity contribution in [2.75, 3.05) is 6.61 Å². The summed E-state index contributed by atoms with van der Waals surface area (Å²) in [6.45, 7) is 0.222. The van der Waals surface area contributed by atoms with Crippen LogP contribution >= 0.6 is 11.6 Å². The van der Waals surface area contributed by atoms with E-state index in [1.807, 2.05) is 0 Å². The lowest BCUT2D eigenvalue weighted by Crippen LogP contribution is -2.23. The minimum atomic E-state index is -0.926. The van der Waals surface area contributed by atoms with Gasteiger partial charge in [0, 0.05) is 11.4 Å². The van der Waals surface area contributed by atoms with Gasteiger partial charge in [0.2, 0.25) is 6.10 Å². The van der Waals surface area contributed by atoms with Crippen molar-refractivity contribution in [2.24, 2.45) is 0 Å². The number of esters is 2. The third kappa shape index (κ3) is 3.37. The molecule has 0 saturated carbocycles. The Balaban J connectivity index is 2.11. The quantitative estimate of drug-likeness (QED) is 0.484. The van der Waals surface area contributed by atoms with Crippen LogP contribution in [0.15, 0.2) is 29.8 Å². The van der Waals surface area contributed by atoms with Crippen molar-refractivity contribution in [2.45, 2.75) is 12.5 Å². The van der Waals surface area contributed by atoms with Gasteiger partial charge in [0.05, 0.1) is 6.61 Å². The van der Waals surface area contributed by atoms with Crippen LogP contribution < -0.4 is 0 Å². The lowest BCUT2D eigenvalue weighted by molar-refractivity contribution is -0.157. The number of nitriles is 1. The highest BCUT2D eigenvalue weighted by Gasteiger charge is 2.31. The van der Waals surface area contributed by atoms with Crippen LogP contribution in [0.4, 0.5) is 0 Å². The number of cyclic esters (lactones) is 1. The summed E-state index contributed by atoms with van der Waals surface area (Å²) >= 11 is 5.75. The van der Waals surface area contributed by atoms with Crippen molar-refractivity contribution in [1.29, 1.82) is 5.26 Å². The summed E-state index contributed by atoms with van der Waals surface area (Å²) in [6.07, 6.45) is 0.757. The molecule has 20 heavy (non-hydrogen) atoms. The highest BCUT2D eigenvalue weighted by Crippen LogP contribution is 2.15. The predicted molar refractivity (Wildman–Crippen MR) is 70.5 cm³/mol. The zero-order valence-electron chi connectivity index (χ0n) is 10.3. The number of benzene rings is 1. The predicted octanol–water partition coefficient (Wildman–Crippen LogP) is 2.11. The molecule has 1 aliphatic rings. The van der Waals surface area contributed by atoms with Crippen LogP contribution in [0.3, 0.4) is 0 Å². The first kappa shape index (κ1) is 14.1. The maximum Gasteiger partial charge on any atom is 0.349 e. The summed E-state index contributed by atoms with van der Waals surface area (Å²) in [5.74, 6) is -1.42. The summed E-state index contributed by atoms with van der Waals surface area (Å²) in [7, 11) is 0. The molecule has 6 heteroatoms. The fourth-order valence-corrected chi connectivity index (χ4v) is 1.77. The van der Waals surface area contributed by atoms with Gasteiger partial charge in [0.15, 0.2) is 0 Å². The van der Waals surface area contributed by atoms with Gasteiger partial charge in [0.1, 0.15) is 11.6 Å². The second-order valence-electron chi connectivity index (χ2n) is 4.07. The molecule has 0 N–H and O–H groups in total. The maximum absolute atomic E-state index is 11.8. The van der Waals surface area contributed by atoms with Crippen LogP contribution in [-0.4, -0.2) is 24.6 Å². The Morgan fingerprint density at radius 2 is 2.15 bits per heavy atom. The third-order valence-corrected chi connectivity index (χ3v) is 2.91. The minimum absolute atomic E-state index is 0.188. The van der Waals surface area contributed by atoms with Crippen molar-refractivity contribution in [3.63, 3.8) is 0 Å². The van der Waals surface area contributed by atoms with Gasteiger partial charge in [-0.1, -0.05) is 23.7 Å². The Labute approximate surface area is 120 Å². The molecule has 0 spiro atoms. The van der Waals surface area contributed by atoms with Crippen LogP contribution in [0, 0.1) is 11.3 Å². The molecule has 102 valence electrons. The van der Waals surface area contributed by atoms with Gasteiger partial charge in [-0.05, 0) is 23.8 Å². The van der Waals surface area contributed by atoms with Crippen LogP contribution in [0.1, 0.15) is 12.0 Å². The Bertz CT molecular complexity index is 601. The van der Waals surface area contributed by atoms with Crippen LogP contribution in [-0.2, 0) is 19.1 Å². The van der Waals surface area contributed by atoms with Gasteiger partial charge >= 0.3 is 11.9 Å². The van der Waals surface area contributed by atoms with Crippen molar-refractivity contribution in [1.82, 2.24) is 0 Å². The number of rotatable bonds is 3. The van der Waals surface area contributed by atoms with E-state index in [4.69, 9.17) is 21.6 Å². The van der Waals surface area contributed by atoms with Gasteiger partial charge in [-0.25, -0.2) is 9.59 Å². The molecular formula is C14H10ClNO4. The van der Waals surface area contributed by atoms with Crippen LogP contribution in [0.5, 0.6) is 0 Å². The molecule has 0 aliphatic carbocycles. The minimum Gasteiger partial charge on any atom is -0.463 e. The lowest BCUT2D eigenvalue weighted by Gasteiger charge is -2.07. The number of halogens is 1. The number of carbonyl (C=O) groups excluding carboxylic acids is 2. The molecule has 1 atom stereocenters. The standard InChI is InChI=1S/C14H10ClNO4/c15-11-3-1-9(2-4-11)7-10(8-16)13(17)20-12-5-6-19-14(12)18/h1-4,7,12H,5-6H2/b10-7-/t12-/m0/s1. The fourth-order valence-electron chi connectivity index (χ4n) is 1.64. The number of hydrogen-bond acceptors (Lipinski definition) is 5. The van der Waals surface area contributed by atoms with E-state index in [1.54, 1.807) is 30.3 Å². The first-order valence-corrected chi connectivity index (χ1v) is 6.23. The SMILES string of the molecule is N#C/C(=C/c1ccc(Cl)cc1)C(=O)O[C@H]1CCOC1=O. The molecule has 1 saturated heterocycles. The number of ether oxygens (including phenoxy) is 2. The van der Waals surface area contributed by atoms with E-state index >= 15 is 0 Å². The highest BCUT2D eigenvalue weighted by atomic mass is 35.5. The van der Waals surface area contributed by atoms with Gasteiger partial charge < -0.3 is 9.47 Å². The molecule has 0 amide bonds. The zero-order chi connectivity index (χ0) is 14.5. The first-order chi connectivity index (χ1) is 9.60. The molecule has 1 aliphatic heterocycles. The largest absolute Gasteiger partial charge is 0.463 e. The van der Waals surface area contributed by atoms with Crippen molar-refractivity contribution in [3.05, 3.63) is 40.4 Å². The molecule has 0 aromatic heterocycles. The first-order valence-electron chi connectivity index (χ1n) is 5.85. The van der Waals surface area contributed by atoms with E-state index in [0.29, 0.717) is 17.0 Å². The van der Waals surface area contributed by atoms with Crippen molar-refractivity contribution in [3.8, 4) is 6.07 Å². The molecule has 1 aromatic carbocycles. The van der Waals surface area contributed by atoms with E-state index in [1.165, 1.54) is 6.08 Å². The summed E-state index contributed by atoms with van der Waals surface area (Å²) in [5, 5.41) is 9.54. The van der Waals surface area contributed by atoms with Gasteiger partial charge in [0.25, 0.3) is 0 Å². The molecule has 0 radical (unpaired) electrons. The van der Waals surface area contributed by atoms with E-state index in [0.717, 1.165) is 0 Å². The Hall–Kier alpha value is -2.32. The number of nitrogens with zero attached hydrogens (tertiary/aromatic N) is 1. The van der Waals surface area contributed by atoms with E-state index in [-0.39, 0.29) is 12.2 Å². The second kappa shape index (κ2) is 6.22. The lowest BCUT2D eigenvalue weighted by atomic mass is 10.1. The average Bonchev–Trinajstić information content (AvgIpc) is 2.83. The Morgan fingerprint density at radius 1 is 1.45 bits per heavy atom. The molecule has 1 aromatic rings. The molecule has 0 unspecified atom stereocenters. The molecule has 5 nitrogen and oxygen atoms in total. The Morgan fingerprint density at radius 3 is 2.70 bits per heavy atom.